The third-order valence-corrected chi connectivity index (χ3v) is 5.39. The zero-order chi connectivity index (χ0) is 20.7. The van der Waals surface area contributed by atoms with Gasteiger partial charge in [-0.15, -0.1) is 0 Å². The summed E-state index contributed by atoms with van der Waals surface area (Å²) in [5, 5.41) is 2.55. The summed E-state index contributed by atoms with van der Waals surface area (Å²) >= 11 is 0. The molecule has 152 valence electrons. The fourth-order valence-corrected chi connectivity index (χ4v) is 3.52. The summed E-state index contributed by atoms with van der Waals surface area (Å²) in [6.45, 7) is 0.956. The molecule has 2 fully saturated rings. The fourth-order valence-electron chi connectivity index (χ4n) is 3.52. The standard InChI is InChI=1S/C19H22F3N3O3/c1-12(13-8-9-13)25(11-19(20,21)22)15(26)10-24-16(27)18(2,23-17(24)28)14-6-4-3-5-7-14/h3-7,12-13H,8-11H2,1-2H3,(H,23,28)/t12-,18+/m1/s1. The van der Waals surface area contributed by atoms with Crippen molar-refractivity contribution >= 4 is 17.8 Å². The van der Waals surface area contributed by atoms with E-state index >= 15 is 0 Å². The van der Waals surface area contributed by atoms with Crippen LogP contribution in [0.5, 0.6) is 0 Å². The fraction of sp³-hybridized carbons (Fsp3) is 0.526. The summed E-state index contributed by atoms with van der Waals surface area (Å²) in [6, 6.07) is 7.09. The predicted octanol–water partition coefficient (Wildman–Crippen LogP) is 2.64. The van der Waals surface area contributed by atoms with Crippen molar-refractivity contribution in [3.05, 3.63) is 35.9 Å². The molecule has 2 aliphatic rings. The molecule has 0 radical (unpaired) electrons. The average Bonchev–Trinajstić information content (AvgIpc) is 3.44. The Morgan fingerprint density at radius 3 is 2.43 bits per heavy atom. The minimum atomic E-state index is -4.56. The molecule has 3 rings (SSSR count). The molecule has 2 atom stereocenters. The first kappa shape index (κ1) is 20.2. The molecule has 1 heterocycles. The Labute approximate surface area is 160 Å². The largest absolute Gasteiger partial charge is 0.406 e. The number of rotatable bonds is 6. The molecule has 0 spiro atoms. The molecule has 1 N–H and O–H groups in total. The Kier molecular flexibility index (Phi) is 5.12. The maximum atomic E-state index is 13.0. The second-order valence-electron chi connectivity index (χ2n) is 7.53. The zero-order valence-electron chi connectivity index (χ0n) is 15.6. The van der Waals surface area contributed by atoms with Crippen molar-refractivity contribution in [2.75, 3.05) is 13.1 Å². The highest BCUT2D eigenvalue weighted by atomic mass is 19.4. The SMILES string of the molecule is C[C@H](C1CC1)N(CC(F)(F)F)C(=O)CN1C(=O)N[C@@](C)(c2ccccc2)C1=O. The molecule has 6 nitrogen and oxygen atoms in total. The minimum absolute atomic E-state index is 0.0176. The van der Waals surface area contributed by atoms with Crippen LogP contribution < -0.4 is 5.32 Å². The molecule has 1 aliphatic carbocycles. The number of halogens is 3. The van der Waals surface area contributed by atoms with E-state index in [0.29, 0.717) is 10.5 Å². The Morgan fingerprint density at radius 2 is 1.89 bits per heavy atom. The van der Waals surface area contributed by atoms with Crippen LogP contribution in [-0.2, 0) is 15.1 Å². The summed E-state index contributed by atoms with van der Waals surface area (Å²) < 4.78 is 38.9. The number of alkyl halides is 3. The van der Waals surface area contributed by atoms with Gasteiger partial charge in [0, 0.05) is 6.04 Å². The van der Waals surface area contributed by atoms with E-state index in [2.05, 4.69) is 5.32 Å². The van der Waals surface area contributed by atoms with E-state index in [9.17, 15) is 27.6 Å². The Hall–Kier alpha value is -2.58. The lowest BCUT2D eigenvalue weighted by molar-refractivity contribution is -0.166. The maximum Gasteiger partial charge on any atom is 0.406 e. The van der Waals surface area contributed by atoms with Gasteiger partial charge in [0.1, 0.15) is 18.6 Å². The van der Waals surface area contributed by atoms with Crippen LogP contribution >= 0.6 is 0 Å². The van der Waals surface area contributed by atoms with Gasteiger partial charge >= 0.3 is 12.2 Å². The Bertz CT molecular complexity index is 780. The predicted molar refractivity (Wildman–Crippen MR) is 94.0 cm³/mol. The van der Waals surface area contributed by atoms with E-state index < -0.39 is 48.7 Å². The first-order valence-electron chi connectivity index (χ1n) is 9.09. The van der Waals surface area contributed by atoms with Crippen molar-refractivity contribution in [2.24, 2.45) is 5.92 Å². The second-order valence-corrected chi connectivity index (χ2v) is 7.53. The molecule has 0 aromatic heterocycles. The molecular weight excluding hydrogens is 375 g/mol. The number of urea groups is 1. The van der Waals surface area contributed by atoms with Crippen LogP contribution in [0.25, 0.3) is 0 Å². The highest BCUT2D eigenvalue weighted by Crippen LogP contribution is 2.36. The van der Waals surface area contributed by atoms with Crippen LogP contribution in [0.3, 0.4) is 0 Å². The zero-order valence-corrected chi connectivity index (χ0v) is 15.6. The number of hydrogen-bond donors (Lipinski definition) is 1. The van der Waals surface area contributed by atoms with Gasteiger partial charge in [-0.3, -0.25) is 14.5 Å². The number of hydrogen-bond acceptors (Lipinski definition) is 3. The maximum absolute atomic E-state index is 13.0. The third kappa shape index (κ3) is 3.98. The number of imide groups is 1. The van der Waals surface area contributed by atoms with Crippen molar-refractivity contribution in [3.63, 3.8) is 0 Å². The van der Waals surface area contributed by atoms with E-state index in [0.717, 1.165) is 17.7 Å². The van der Waals surface area contributed by atoms with Crippen LogP contribution in [0.4, 0.5) is 18.0 Å². The molecule has 1 saturated carbocycles. The van der Waals surface area contributed by atoms with Gasteiger partial charge in [-0.25, -0.2) is 4.79 Å². The van der Waals surface area contributed by atoms with Crippen LogP contribution in [0.1, 0.15) is 32.3 Å². The summed E-state index contributed by atoms with van der Waals surface area (Å²) in [4.78, 5) is 39.2. The lowest BCUT2D eigenvalue weighted by atomic mass is 9.92. The summed E-state index contributed by atoms with van der Waals surface area (Å²) in [5.41, 5.74) is -0.836. The Morgan fingerprint density at radius 1 is 1.29 bits per heavy atom. The van der Waals surface area contributed by atoms with Gasteiger partial charge in [-0.2, -0.15) is 13.2 Å². The van der Waals surface area contributed by atoms with Crippen molar-refractivity contribution in [1.29, 1.82) is 0 Å². The molecule has 1 aliphatic heterocycles. The van der Waals surface area contributed by atoms with Crippen molar-refractivity contribution < 1.29 is 27.6 Å². The van der Waals surface area contributed by atoms with Crippen LogP contribution in [0.15, 0.2) is 30.3 Å². The first-order valence-corrected chi connectivity index (χ1v) is 9.09. The van der Waals surface area contributed by atoms with E-state index in [1.165, 1.54) is 6.92 Å². The van der Waals surface area contributed by atoms with Gasteiger partial charge in [0.15, 0.2) is 0 Å². The first-order chi connectivity index (χ1) is 13.0. The van der Waals surface area contributed by atoms with Crippen molar-refractivity contribution in [1.82, 2.24) is 15.1 Å². The number of nitrogens with zero attached hydrogens (tertiary/aromatic N) is 2. The van der Waals surface area contributed by atoms with Crippen LogP contribution in [0, 0.1) is 5.92 Å². The molecular formula is C19H22F3N3O3. The van der Waals surface area contributed by atoms with E-state index in [4.69, 9.17) is 0 Å². The molecule has 1 aromatic rings. The lowest BCUT2D eigenvalue weighted by Crippen LogP contribution is -2.50. The molecule has 28 heavy (non-hydrogen) atoms. The highest BCUT2D eigenvalue weighted by Gasteiger charge is 2.50. The van der Waals surface area contributed by atoms with Crippen LogP contribution in [-0.4, -0.2) is 53.0 Å². The summed E-state index contributed by atoms with van der Waals surface area (Å²) in [6.07, 6.45) is -3.04. The summed E-state index contributed by atoms with van der Waals surface area (Å²) in [7, 11) is 0. The number of carbonyl (C=O) groups excluding carboxylic acids is 3. The lowest BCUT2D eigenvalue weighted by Gasteiger charge is -2.31. The number of carbonyl (C=O) groups is 3. The van der Waals surface area contributed by atoms with Gasteiger partial charge in [0.2, 0.25) is 5.91 Å². The number of benzene rings is 1. The highest BCUT2D eigenvalue weighted by molar-refractivity contribution is 6.09. The molecule has 1 saturated heterocycles. The molecule has 9 heteroatoms. The van der Waals surface area contributed by atoms with Gasteiger partial charge in [0.25, 0.3) is 5.91 Å². The number of nitrogens with one attached hydrogen (secondary N) is 1. The smallest absolute Gasteiger partial charge is 0.329 e. The third-order valence-electron chi connectivity index (χ3n) is 5.39. The normalized spacial score (nSPS) is 23.5. The van der Waals surface area contributed by atoms with Gasteiger partial charge in [-0.1, -0.05) is 30.3 Å². The monoisotopic (exact) mass is 397 g/mol. The van der Waals surface area contributed by atoms with Crippen molar-refractivity contribution in [2.45, 2.75) is 44.4 Å². The van der Waals surface area contributed by atoms with Crippen LogP contribution in [0.2, 0.25) is 0 Å². The minimum Gasteiger partial charge on any atom is -0.329 e. The molecule has 4 amide bonds. The number of amides is 4. The van der Waals surface area contributed by atoms with E-state index in [1.54, 1.807) is 37.3 Å². The van der Waals surface area contributed by atoms with Gasteiger partial charge in [-0.05, 0) is 38.2 Å². The quantitative estimate of drug-likeness (QED) is 0.751. The van der Waals surface area contributed by atoms with E-state index in [-0.39, 0.29) is 5.92 Å². The van der Waals surface area contributed by atoms with Gasteiger partial charge in [0.05, 0.1) is 0 Å². The topological polar surface area (TPSA) is 69.7 Å². The summed E-state index contributed by atoms with van der Waals surface area (Å²) in [5.74, 6) is -1.54. The molecule has 0 bridgehead atoms. The second kappa shape index (κ2) is 7.10. The average molecular weight is 397 g/mol. The molecule has 0 unspecified atom stereocenters. The molecule has 1 aromatic carbocycles. The van der Waals surface area contributed by atoms with E-state index in [1.807, 2.05) is 0 Å². The van der Waals surface area contributed by atoms with Gasteiger partial charge < -0.3 is 10.2 Å². The Balaban J connectivity index is 1.78. The van der Waals surface area contributed by atoms with Crippen molar-refractivity contribution in [3.8, 4) is 0 Å².